The number of piperidine rings is 1. The molecule has 0 unspecified atom stereocenters. The summed E-state index contributed by atoms with van der Waals surface area (Å²) in [6.07, 6.45) is 1.53. The van der Waals surface area contributed by atoms with Crippen LogP contribution in [0.1, 0.15) is 41.4 Å². The largest absolute Gasteiger partial charge is 0.435 e. The van der Waals surface area contributed by atoms with Crippen LogP contribution in [-0.4, -0.2) is 58.9 Å². The molecule has 2 aliphatic heterocycles. The molecule has 1 spiro atoms. The first kappa shape index (κ1) is 22.9. The van der Waals surface area contributed by atoms with Gasteiger partial charge in [-0.05, 0) is 25.1 Å². The van der Waals surface area contributed by atoms with E-state index in [9.17, 15) is 19.2 Å². The molecule has 2 aromatic rings. The number of hydrogen-bond acceptors (Lipinski definition) is 6. The Morgan fingerprint density at radius 3 is 2.85 bits per heavy atom. The second kappa shape index (κ2) is 9.33. The Morgan fingerprint density at radius 2 is 2.18 bits per heavy atom. The van der Waals surface area contributed by atoms with Gasteiger partial charge in [0.2, 0.25) is 0 Å². The maximum atomic E-state index is 13.1. The minimum atomic E-state index is -0.913. The fourth-order valence-corrected chi connectivity index (χ4v) is 4.64. The van der Waals surface area contributed by atoms with Crippen LogP contribution in [0, 0.1) is 17.1 Å². The van der Waals surface area contributed by atoms with Crippen LogP contribution in [0.4, 0.5) is 9.18 Å². The van der Waals surface area contributed by atoms with Crippen molar-refractivity contribution >= 4 is 33.6 Å². The van der Waals surface area contributed by atoms with Gasteiger partial charge in [-0.2, -0.15) is 10.4 Å². The van der Waals surface area contributed by atoms with Gasteiger partial charge in [0, 0.05) is 60.8 Å². The number of halogens is 2. The van der Waals surface area contributed by atoms with Crippen LogP contribution < -0.4 is 10.7 Å². The zero-order valence-corrected chi connectivity index (χ0v) is 19.4. The summed E-state index contributed by atoms with van der Waals surface area (Å²) >= 11 is 3.51. The van der Waals surface area contributed by atoms with E-state index in [4.69, 9.17) is 4.74 Å². The third kappa shape index (κ3) is 4.91. The average Bonchev–Trinajstić information content (AvgIpc) is 3.23. The van der Waals surface area contributed by atoms with Gasteiger partial charge < -0.3 is 19.9 Å². The van der Waals surface area contributed by atoms with Gasteiger partial charge in [0.15, 0.2) is 5.60 Å². The van der Waals surface area contributed by atoms with E-state index >= 15 is 0 Å². The van der Waals surface area contributed by atoms with E-state index in [1.54, 1.807) is 18.2 Å². The molecule has 0 saturated carbocycles. The van der Waals surface area contributed by atoms with Crippen molar-refractivity contribution in [1.82, 2.24) is 20.6 Å². The molecule has 11 heteroatoms. The van der Waals surface area contributed by atoms with Crippen molar-refractivity contribution in [3.05, 3.63) is 57.6 Å². The monoisotopic (exact) mass is 516 g/mol. The highest BCUT2D eigenvalue weighted by Crippen LogP contribution is 2.35. The number of nitrogens with one attached hydrogen (secondary N) is 3. The molecule has 1 aromatic heterocycles. The standard InChI is InChI=1S/C22H22BrFN6O3/c1-13(27-20(31)18-9-15(24)11-26-18)12-30-6-4-22(5-7-30)19(28-29-21(32)33-22)16-8-14(10-25)2-3-17(16)23/h2-3,8-9,11,13,26H,4-7,12H2,1H3,(H,27,31)(H,29,32)/t13-/m0/s1. The molecule has 172 valence electrons. The zero-order chi connectivity index (χ0) is 23.6. The number of rotatable bonds is 5. The smallest absolute Gasteiger partial charge is 0.428 e. The normalized spacial score (nSPS) is 18.6. The minimum Gasteiger partial charge on any atom is -0.435 e. The molecule has 3 N–H and O–H groups in total. The lowest BCUT2D eigenvalue weighted by Gasteiger charge is -2.43. The number of nitrogens with zero attached hydrogens (tertiary/aromatic N) is 3. The Labute approximate surface area is 198 Å². The summed E-state index contributed by atoms with van der Waals surface area (Å²) in [4.78, 5) is 29.0. The van der Waals surface area contributed by atoms with E-state index in [0.717, 1.165) is 16.7 Å². The number of aromatic amines is 1. The van der Waals surface area contributed by atoms with Gasteiger partial charge in [-0.15, -0.1) is 0 Å². The van der Waals surface area contributed by atoms with Crippen LogP contribution in [0.5, 0.6) is 0 Å². The summed E-state index contributed by atoms with van der Waals surface area (Å²) in [5.41, 5.74) is 3.38. The molecular weight excluding hydrogens is 495 g/mol. The van der Waals surface area contributed by atoms with Gasteiger partial charge >= 0.3 is 6.09 Å². The lowest BCUT2D eigenvalue weighted by molar-refractivity contribution is 0.00485. The molecule has 0 bridgehead atoms. The third-order valence-corrected chi connectivity index (χ3v) is 6.49. The predicted octanol–water partition coefficient (Wildman–Crippen LogP) is 2.88. The topological polar surface area (TPSA) is 123 Å². The van der Waals surface area contributed by atoms with Crippen molar-refractivity contribution < 1.29 is 18.7 Å². The zero-order valence-electron chi connectivity index (χ0n) is 17.8. The van der Waals surface area contributed by atoms with Crippen molar-refractivity contribution in [3.8, 4) is 6.07 Å². The highest BCUT2D eigenvalue weighted by molar-refractivity contribution is 9.10. The maximum absolute atomic E-state index is 13.1. The van der Waals surface area contributed by atoms with Gasteiger partial charge in [0.05, 0.1) is 11.6 Å². The second-order valence-electron chi connectivity index (χ2n) is 8.17. The summed E-state index contributed by atoms with van der Waals surface area (Å²) in [5, 5.41) is 16.4. The average molecular weight is 517 g/mol. The number of amides is 2. The van der Waals surface area contributed by atoms with E-state index in [1.807, 2.05) is 6.92 Å². The van der Waals surface area contributed by atoms with Crippen LogP contribution in [0.15, 0.2) is 40.0 Å². The van der Waals surface area contributed by atoms with Gasteiger partial charge in [0.25, 0.3) is 5.91 Å². The molecule has 9 nitrogen and oxygen atoms in total. The van der Waals surface area contributed by atoms with Crippen molar-refractivity contribution in [2.24, 2.45) is 5.10 Å². The first-order valence-electron chi connectivity index (χ1n) is 10.4. The number of likely N-dealkylation sites (tertiary alicyclic amines) is 1. The van der Waals surface area contributed by atoms with E-state index < -0.39 is 17.5 Å². The minimum absolute atomic E-state index is 0.171. The van der Waals surface area contributed by atoms with Gasteiger partial charge in [-0.3, -0.25) is 4.79 Å². The highest BCUT2D eigenvalue weighted by Gasteiger charge is 2.46. The van der Waals surface area contributed by atoms with Crippen LogP contribution in [-0.2, 0) is 4.74 Å². The van der Waals surface area contributed by atoms with E-state index in [0.29, 0.717) is 49.3 Å². The predicted molar refractivity (Wildman–Crippen MR) is 121 cm³/mol. The van der Waals surface area contributed by atoms with Crippen molar-refractivity contribution in [2.75, 3.05) is 19.6 Å². The molecule has 4 rings (SSSR count). The number of carbonyl (C=O) groups excluding carboxylic acids is 2. The van der Waals surface area contributed by atoms with Crippen molar-refractivity contribution in [3.63, 3.8) is 0 Å². The molecule has 0 radical (unpaired) electrons. The number of ether oxygens (including phenoxy) is 1. The molecule has 1 atom stereocenters. The summed E-state index contributed by atoms with van der Waals surface area (Å²) in [7, 11) is 0. The maximum Gasteiger partial charge on any atom is 0.428 e. The van der Waals surface area contributed by atoms with Crippen LogP contribution in [0.2, 0.25) is 0 Å². The molecule has 1 fully saturated rings. The molecule has 0 aliphatic carbocycles. The summed E-state index contributed by atoms with van der Waals surface area (Å²) < 4.78 is 19.6. The number of aromatic nitrogens is 1. The number of carbonyl (C=O) groups is 2. The van der Waals surface area contributed by atoms with E-state index in [2.05, 4.69) is 47.7 Å². The first-order chi connectivity index (χ1) is 15.8. The Hall–Kier alpha value is -3.23. The van der Waals surface area contributed by atoms with Crippen LogP contribution in [0.3, 0.4) is 0 Å². The summed E-state index contributed by atoms with van der Waals surface area (Å²) in [6.45, 7) is 3.68. The Bertz CT molecular complexity index is 1150. The third-order valence-electron chi connectivity index (χ3n) is 5.79. The van der Waals surface area contributed by atoms with Gasteiger partial charge in [-0.1, -0.05) is 15.9 Å². The van der Waals surface area contributed by atoms with Crippen molar-refractivity contribution in [1.29, 1.82) is 5.26 Å². The highest BCUT2D eigenvalue weighted by atomic mass is 79.9. The molecular formula is C22H22BrFN6O3. The fraction of sp³-hybridized carbons (Fsp3) is 0.364. The molecule has 1 aromatic carbocycles. The lowest BCUT2D eigenvalue weighted by atomic mass is 9.82. The summed E-state index contributed by atoms with van der Waals surface area (Å²) in [6, 6.07) is 8.29. The molecule has 1 saturated heterocycles. The number of H-pyrrole nitrogens is 1. The Kier molecular flexibility index (Phi) is 6.49. The van der Waals surface area contributed by atoms with Crippen molar-refractivity contribution in [2.45, 2.75) is 31.4 Å². The quantitative estimate of drug-likeness (QED) is 0.563. The van der Waals surface area contributed by atoms with E-state index in [1.165, 1.54) is 0 Å². The van der Waals surface area contributed by atoms with E-state index in [-0.39, 0.29) is 17.6 Å². The van der Waals surface area contributed by atoms with Gasteiger partial charge in [-0.25, -0.2) is 14.6 Å². The second-order valence-corrected chi connectivity index (χ2v) is 9.02. The number of hydrazone groups is 1. The first-order valence-corrected chi connectivity index (χ1v) is 11.2. The SMILES string of the molecule is C[C@@H](CN1CCC2(CC1)OC(=O)NN=C2c1cc(C#N)ccc1Br)NC(=O)c1cc(F)c[nH]1. The van der Waals surface area contributed by atoms with Crippen LogP contribution >= 0.6 is 15.9 Å². The number of nitriles is 1. The van der Waals surface area contributed by atoms with Gasteiger partial charge in [0.1, 0.15) is 17.2 Å². The Balaban J connectivity index is 1.44. The molecule has 2 amide bonds. The molecule has 33 heavy (non-hydrogen) atoms. The fourth-order valence-electron chi connectivity index (χ4n) is 4.20. The lowest BCUT2D eigenvalue weighted by Crippen LogP contribution is -2.57. The van der Waals surface area contributed by atoms with Crippen LogP contribution in [0.25, 0.3) is 0 Å². The molecule has 3 heterocycles. The Morgan fingerprint density at radius 1 is 1.42 bits per heavy atom. The number of hydrogen-bond donors (Lipinski definition) is 3. The number of benzene rings is 1. The molecule has 2 aliphatic rings. The summed E-state index contributed by atoms with van der Waals surface area (Å²) in [5.74, 6) is -0.862.